The Balaban J connectivity index is 1.18. The van der Waals surface area contributed by atoms with Gasteiger partial charge in [-0.3, -0.25) is 0 Å². The van der Waals surface area contributed by atoms with E-state index >= 15 is 0 Å². The number of rotatable bonds is 11. The Morgan fingerprint density at radius 2 is 1.39 bits per heavy atom. The molecule has 0 unspecified atom stereocenters. The molecule has 2 aromatic carbocycles. The molecule has 4 saturated carbocycles. The first-order valence-electron chi connectivity index (χ1n) is 20.3. The number of benzene rings is 2. The van der Waals surface area contributed by atoms with Gasteiger partial charge in [0.2, 0.25) is 0 Å². The van der Waals surface area contributed by atoms with E-state index in [9.17, 15) is 10.2 Å². The van der Waals surface area contributed by atoms with Crippen molar-refractivity contribution in [3.05, 3.63) is 60.7 Å². The summed E-state index contributed by atoms with van der Waals surface area (Å²) in [5, 5.41) is 24.0. The van der Waals surface area contributed by atoms with Gasteiger partial charge < -0.3 is 14.6 Å². The Hall–Kier alpha value is -1.46. The molecule has 0 aromatic heterocycles. The molecule has 4 heteroatoms. The van der Waals surface area contributed by atoms with Gasteiger partial charge in [0.25, 0.3) is 8.32 Å². The molecular formula is C45H70O3Si. The van der Waals surface area contributed by atoms with E-state index in [2.05, 4.69) is 116 Å². The van der Waals surface area contributed by atoms with E-state index in [0.717, 1.165) is 36.5 Å². The minimum Gasteiger partial charge on any atom is -0.404 e. The molecule has 49 heavy (non-hydrogen) atoms. The van der Waals surface area contributed by atoms with Gasteiger partial charge >= 0.3 is 0 Å². The van der Waals surface area contributed by atoms with Crippen LogP contribution in [0.1, 0.15) is 126 Å². The summed E-state index contributed by atoms with van der Waals surface area (Å²) in [6.07, 6.45) is 13.4. The third kappa shape index (κ3) is 6.68. The smallest absolute Gasteiger partial charge is 0.261 e. The van der Waals surface area contributed by atoms with Crippen LogP contribution in [0.25, 0.3) is 0 Å². The van der Waals surface area contributed by atoms with Crippen LogP contribution in [-0.4, -0.2) is 37.3 Å². The monoisotopic (exact) mass is 687 g/mol. The highest BCUT2D eigenvalue weighted by atomic mass is 28.4. The van der Waals surface area contributed by atoms with Crippen LogP contribution in [0.3, 0.4) is 0 Å². The lowest BCUT2D eigenvalue weighted by molar-refractivity contribution is -0.130. The molecule has 2 N–H and O–H groups in total. The first-order chi connectivity index (χ1) is 23.3. The second-order valence-corrected chi connectivity index (χ2v) is 23.5. The van der Waals surface area contributed by atoms with Gasteiger partial charge in [-0.25, -0.2) is 0 Å². The topological polar surface area (TPSA) is 49.7 Å². The maximum Gasteiger partial charge on any atom is 0.261 e. The first-order valence-corrected chi connectivity index (χ1v) is 22.2. The predicted molar refractivity (Wildman–Crippen MR) is 208 cm³/mol. The standard InChI is InChI=1S/C45H70O3Si/c1-31(2)33(25-28-46)29-42(47)32(3)39-21-22-40-38-20-19-34-30-35(23-26-44(34,7)41(38)24-27-45(39,40)8)48-49(43(4,5)6,36-15-11-9-12-16-36)37-17-13-10-14-18-37/h9-18,31-35,38-42,46-47H,19-30H2,1-8H3/t32-,33-,34-,35-,38-,39+,40-,41-,42-,44-,45+/m0/s1. The van der Waals surface area contributed by atoms with Crippen LogP contribution < -0.4 is 10.4 Å². The Bertz CT molecular complexity index is 1310. The van der Waals surface area contributed by atoms with Crippen LogP contribution >= 0.6 is 0 Å². The van der Waals surface area contributed by atoms with Gasteiger partial charge in [-0.2, -0.15) is 0 Å². The minimum absolute atomic E-state index is 0.0141. The van der Waals surface area contributed by atoms with E-state index in [0.29, 0.717) is 40.6 Å². The lowest BCUT2D eigenvalue weighted by Gasteiger charge is -2.62. The average Bonchev–Trinajstić information content (AvgIpc) is 3.44. The Morgan fingerprint density at radius 3 is 1.96 bits per heavy atom. The molecule has 6 rings (SSSR count). The fraction of sp³-hybridized carbons (Fsp3) is 0.733. The molecule has 272 valence electrons. The molecule has 4 aliphatic rings. The summed E-state index contributed by atoms with van der Waals surface area (Å²) in [6.45, 7) is 19.7. The SMILES string of the molecule is CC(C)[C@@H](CCO)C[C@H](O)[C@@H](C)[C@H]1CC[C@H]2[C@@H]3CC[C@H]4C[C@@H](O[Si](c5ccccc5)(c5ccccc5)C(C)(C)C)CC[C@]4(C)[C@H]3CC[C@]12C. The zero-order valence-corrected chi connectivity index (χ0v) is 33.3. The molecule has 3 nitrogen and oxygen atoms in total. The van der Waals surface area contributed by atoms with Crippen molar-refractivity contribution in [3.8, 4) is 0 Å². The third-order valence-electron chi connectivity index (χ3n) is 15.7. The normalized spacial score (nSPS) is 35.2. The maximum absolute atomic E-state index is 11.6. The minimum atomic E-state index is -2.56. The highest BCUT2D eigenvalue weighted by Crippen LogP contribution is 2.68. The van der Waals surface area contributed by atoms with Gasteiger partial charge in [-0.15, -0.1) is 0 Å². The molecule has 0 heterocycles. The summed E-state index contributed by atoms with van der Waals surface area (Å²) in [7, 11) is -2.56. The number of fused-ring (bicyclic) bond motifs is 5. The Morgan fingerprint density at radius 1 is 0.796 bits per heavy atom. The Kier molecular flexibility index (Phi) is 11.0. The van der Waals surface area contributed by atoms with Gasteiger partial charge in [0, 0.05) is 12.7 Å². The first kappa shape index (κ1) is 37.3. The molecule has 0 spiro atoms. The largest absolute Gasteiger partial charge is 0.404 e. The summed E-state index contributed by atoms with van der Waals surface area (Å²) in [4.78, 5) is 0. The van der Waals surface area contributed by atoms with Gasteiger partial charge in [0.15, 0.2) is 0 Å². The zero-order chi connectivity index (χ0) is 35.2. The summed E-state index contributed by atoms with van der Waals surface area (Å²) in [6, 6.07) is 22.5. The number of aliphatic hydroxyl groups excluding tert-OH is 2. The quantitative estimate of drug-likeness (QED) is 0.232. The van der Waals surface area contributed by atoms with Crippen molar-refractivity contribution < 1.29 is 14.6 Å². The lowest BCUT2D eigenvalue weighted by atomic mass is 9.44. The molecule has 11 atom stereocenters. The van der Waals surface area contributed by atoms with Crippen molar-refractivity contribution in [2.75, 3.05) is 6.61 Å². The highest BCUT2D eigenvalue weighted by molar-refractivity contribution is 6.99. The van der Waals surface area contributed by atoms with Crippen molar-refractivity contribution in [3.63, 3.8) is 0 Å². The van der Waals surface area contributed by atoms with Crippen LogP contribution in [0.5, 0.6) is 0 Å². The van der Waals surface area contributed by atoms with Crippen molar-refractivity contribution >= 4 is 18.7 Å². The van der Waals surface area contributed by atoms with E-state index in [-0.39, 0.29) is 17.7 Å². The molecule has 0 aliphatic heterocycles. The number of aliphatic hydroxyl groups is 2. The molecular weight excluding hydrogens is 617 g/mol. The number of hydrogen-bond donors (Lipinski definition) is 2. The summed E-state index contributed by atoms with van der Waals surface area (Å²) in [5.41, 5.74) is 0.756. The molecule has 0 radical (unpaired) electrons. The average molecular weight is 687 g/mol. The zero-order valence-electron chi connectivity index (χ0n) is 32.3. The molecule has 4 aliphatic carbocycles. The summed E-state index contributed by atoms with van der Waals surface area (Å²) in [5.74, 6) is 5.03. The van der Waals surface area contributed by atoms with Gasteiger partial charge in [0.1, 0.15) is 0 Å². The predicted octanol–water partition coefficient (Wildman–Crippen LogP) is 9.63. The maximum atomic E-state index is 11.6. The molecule has 4 fully saturated rings. The van der Waals surface area contributed by atoms with E-state index in [1.807, 2.05) is 0 Å². The van der Waals surface area contributed by atoms with E-state index in [4.69, 9.17) is 4.43 Å². The summed E-state index contributed by atoms with van der Waals surface area (Å²) < 4.78 is 7.75. The van der Waals surface area contributed by atoms with Crippen LogP contribution in [0.15, 0.2) is 60.7 Å². The molecule has 0 bridgehead atoms. The van der Waals surface area contributed by atoms with Crippen molar-refractivity contribution in [1.82, 2.24) is 0 Å². The summed E-state index contributed by atoms with van der Waals surface area (Å²) >= 11 is 0. The van der Waals surface area contributed by atoms with Crippen LogP contribution in [0.4, 0.5) is 0 Å². The number of hydrogen-bond acceptors (Lipinski definition) is 3. The molecule has 0 saturated heterocycles. The Labute approximate surface area is 301 Å². The van der Waals surface area contributed by atoms with Gasteiger partial charge in [0.05, 0.1) is 6.10 Å². The third-order valence-corrected chi connectivity index (χ3v) is 20.8. The fourth-order valence-electron chi connectivity index (χ4n) is 12.9. The van der Waals surface area contributed by atoms with Crippen molar-refractivity contribution in [1.29, 1.82) is 0 Å². The van der Waals surface area contributed by atoms with Crippen LogP contribution in [0, 0.1) is 58.2 Å². The van der Waals surface area contributed by atoms with Gasteiger partial charge in [-0.05, 0) is 144 Å². The van der Waals surface area contributed by atoms with Crippen LogP contribution in [0.2, 0.25) is 5.04 Å². The molecule has 0 amide bonds. The van der Waals surface area contributed by atoms with Crippen molar-refractivity contribution in [2.24, 2.45) is 58.2 Å². The van der Waals surface area contributed by atoms with E-state index in [1.165, 1.54) is 68.2 Å². The highest BCUT2D eigenvalue weighted by Gasteiger charge is 2.62. The molecule has 2 aromatic rings. The van der Waals surface area contributed by atoms with Crippen LogP contribution in [-0.2, 0) is 4.43 Å². The van der Waals surface area contributed by atoms with E-state index in [1.54, 1.807) is 0 Å². The van der Waals surface area contributed by atoms with Crippen molar-refractivity contribution in [2.45, 2.75) is 143 Å². The second kappa shape index (κ2) is 14.5. The van der Waals surface area contributed by atoms with Gasteiger partial charge in [-0.1, -0.05) is 116 Å². The van der Waals surface area contributed by atoms with E-state index < -0.39 is 8.32 Å². The second-order valence-electron chi connectivity index (χ2n) is 19.2. The fourth-order valence-corrected chi connectivity index (χ4v) is 17.6. The lowest BCUT2D eigenvalue weighted by Crippen LogP contribution is -2.68.